The molecule has 8 heterocycles. The smallest absolute Gasteiger partial charge is 0.336 e. The molecular weight excluding hydrogens is 1600 g/mol. The standard InChI is InChI=1S/C40H47N3O17.C24H29NO13.C16H20N2O5/c1-19-12-31(47)56-26-14-22(6-8-24(19)26)53-18-30(46)41-10-4-5-11-54-42-16-28-34(49)36(51)37(52)40(58-28)60-38-29(17-44)59-39(33(35(38)50)43-21(3)45)55-23-7-9-25-20(2)13-32(48)57-27(25)15-23;1-9-5-16(29)35-13-6-11(3-4-12(9)13)34-23-17(25-10(2)28)19(31)22(15(8-27)37-23)38-24-21(33)20(32)18(30)14(7-26)36-24;1-11-8-16(20)23-14-9-12(4-5-13(11)14)21-10-15(19)18-6-2-3-7-22-17/h6-9,12-16,28-29,33-40,44,49-52H,4-5,10-11,17-18H2,1-3H3,(H,41,46)(H,43,45);3-7,14-15,17-24,27,30-33H,8H2,1-2H3,(H,25,28);4-5,8-9H,2-3,6-7,10,17H2,1H3,(H,18,19)/b42-16+;;/t28-,29-,33-,34+,35-,36+,37-,38-,39-,40+;14-,15-,17-,18+,19-,20+,21-,22-,23-,24+;/m11./s1. The third-order valence-electron chi connectivity index (χ3n) is 19.6. The van der Waals surface area contributed by atoms with Crippen LogP contribution in [0.25, 0.3) is 43.9 Å². The topological polar surface area (TPSA) is 606 Å². The number of unbranched alkanes of at least 4 members (excludes halogenated alkanes) is 2. The zero-order valence-electron chi connectivity index (χ0n) is 66.1. The third-order valence-corrected chi connectivity index (χ3v) is 19.6. The number of oxime groups is 1. The van der Waals surface area contributed by atoms with Gasteiger partial charge in [0.05, 0.1) is 26.0 Å². The van der Waals surface area contributed by atoms with E-state index in [4.69, 9.17) is 75.8 Å². The summed E-state index contributed by atoms with van der Waals surface area (Å²) in [5.74, 6) is 4.31. The Labute approximate surface area is 686 Å². The van der Waals surface area contributed by atoms with E-state index in [1.807, 2.05) is 6.92 Å². The molecule has 4 aromatic carbocycles. The van der Waals surface area contributed by atoms with E-state index in [9.17, 15) is 94.2 Å². The van der Waals surface area contributed by atoms with Gasteiger partial charge in [-0.15, -0.1) is 0 Å². The molecule has 656 valence electrons. The number of aryl methyl sites for hydroxylation is 4. The highest BCUT2D eigenvalue weighted by molar-refractivity contribution is 5.85. The number of benzene rings is 4. The van der Waals surface area contributed by atoms with Gasteiger partial charge >= 0.3 is 22.5 Å². The lowest BCUT2D eigenvalue weighted by Crippen LogP contribution is -2.68. The molecule has 4 aliphatic heterocycles. The monoisotopic (exact) mass is 1700 g/mol. The summed E-state index contributed by atoms with van der Waals surface area (Å²) in [6.45, 7) is 9.08. The van der Waals surface area contributed by atoms with E-state index in [1.54, 1.807) is 81.4 Å². The minimum absolute atomic E-state index is 0.101. The average molecular weight is 1700 g/mol. The first-order valence-corrected chi connectivity index (χ1v) is 38.2. The van der Waals surface area contributed by atoms with Crippen molar-refractivity contribution in [3.05, 3.63) is 161 Å². The lowest BCUT2D eigenvalue weighted by molar-refractivity contribution is -0.335. The normalized spacial score (nSPS) is 26.5. The number of rotatable bonds is 31. The fraction of sp³-hybridized carbons (Fsp3) is 0.475. The quantitative estimate of drug-likeness (QED) is 0.00762. The zero-order valence-corrected chi connectivity index (χ0v) is 66.1. The summed E-state index contributed by atoms with van der Waals surface area (Å²) in [4.78, 5) is 116. The van der Waals surface area contributed by atoms with Gasteiger partial charge in [0.15, 0.2) is 32.1 Å². The van der Waals surface area contributed by atoms with Gasteiger partial charge in [0.2, 0.25) is 24.4 Å². The predicted octanol–water partition coefficient (Wildman–Crippen LogP) is -1.63. The molecule has 4 saturated heterocycles. The Morgan fingerprint density at radius 2 is 0.802 bits per heavy atom. The first-order chi connectivity index (χ1) is 57.8. The Hall–Kier alpha value is -10.8. The molecule has 41 heteroatoms. The molecule has 0 spiro atoms. The van der Waals surface area contributed by atoms with E-state index in [2.05, 4.69) is 31.3 Å². The second kappa shape index (κ2) is 43.1. The molecule has 0 bridgehead atoms. The minimum atomic E-state index is -1.85. The van der Waals surface area contributed by atoms with Crippen LogP contribution in [-0.4, -0.2) is 263 Å². The molecule has 4 aromatic heterocycles. The molecule has 4 amide bonds. The molecule has 0 unspecified atom stereocenters. The summed E-state index contributed by atoms with van der Waals surface area (Å²) < 4.78 is 77.7. The van der Waals surface area contributed by atoms with Gasteiger partial charge in [-0.3, -0.25) is 19.2 Å². The fourth-order valence-electron chi connectivity index (χ4n) is 13.4. The molecule has 4 aliphatic rings. The molecule has 20 atom stereocenters. The maximum Gasteiger partial charge on any atom is 0.336 e. The Morgan fingerprint density at radius 3 is 1.17 bits per heavy atom. The largest absolute Gasteiger partial charge is 0.484 e. The van der Waals surface area contributed by atoms with Gasteiger partial charge in [-0.05, 0) is 124 Å². The molecular formula is C80H96N6O35. The highest BCUT2D eigenvalue weighted by Crippen LogP contribution is 2.35. The van der Waals surface area contributed by atoms with Gasteiger partial charge in [-0.25, -0.2) is 25.1 Å². The van der Waals surface area contributed by atoms with Crippen LogP contribution in [0.15, 0.2) is 139 Å². The van der Waals surface area contributed by atoms with E-state index in [0.29, 0.717) is 77.1 Å². The Bertz CT molecular complexity index is 5160. The number of nitrogens with two attached hydrogens (primary N) is 1. The number of nitrogens with one attached hydrogen (secondary N) is 4. The van der Waals surface area contributed by atoms with E-state index in [0.717, 1.165) is 41.0 Å². The van der Waals surface area contributed by atoms with Crippen molar-refractivity contribution in [3.63, 3.8) is 0 Å². The second-order valence-corrected chi connectivity index (χ2v) is 28.6. The Morgan fingerprint density at radius 1 is 0.446 bits per heavy atom. The summed E-state index contributed by atoms with van der Waals surface area (Å²) >= 11 is 0. The third kappa shape index (κ3) is 24.3. The van der Waals surface area contributed by atoms with E-state index in [-0.39, 0.29) is 60.6 Å². The van der Waals surface area contributed by atoms with Crippen molar-refractivity contribution in [1.82, 2.24) is 21.3 Å². The second-order valence-electron chi connectivity index (χ2n) is 28.6. The highest BCUT2D eigenvalue weighted by atomic mass is 16.8. The van der Waals surface area contributed by atoms with Crippen LogP contribution in [0, 0.1) is 27.7 Å². The van der Waals surface area contributed by atoms with E-state index in [1.165, 1.54) is 50.2 Å². The van der Waals surface area contributed by atoms with Crippen LogP contribution in [0.1, 0.15) is 61.8 Å². The predicted molar refractivity (Wildman–Crippen MR) is 418 cm³/mol. The molecule has 0 aliphatic carbocycles. The van der Waals surface area contributed by atoms with Crippen molar-refractivity contribution in [2.24, 2.45) is 11.1 Å². The van der Waals surface area contributed by atoms with Crippen molar-refractivity contribution in [2.75, 3.05) is 52.7 Å². The van der Waals surface area contributed by atoms with Crippen LogP contribution < -0.4 is 68.6 Å². The van der Waals surface area contributed by atoms with Crippen LogP contribution in [-0.2, 0) is 62.1 Å². The van der Waals surface area contributed by atoms with Gasteiger partial charge in [0, 0.05) is 97.0 Å². The lowest BCUT2D eigenvalue weighted by atomic mass is 9.95. The summed E-state index contributed by atoms with van der Waals surface area (Å²) in [5, 5.41) is 122. The van der Waals surface area contributed by atoms with E-state index >= 15 is 0 Å². The summed E-state index contributed by atoms with van der Waals surface area (Å²) in [6.07, 6.45) is -24.8. The SMILES string of the molecule is CC(=O)N[C@H]1[C@H](Oc2ccc3c(C)cc(=O)oc3c2)O[C@H](CO)[C@@H](O[C@@H]2O[C@H](/C=N/OCCCCNC(=O)COc3ccc4c(C)cc(=O)oc4c3)[C@H](O)[C@H](O)[C@H]2O)[C@@H]1O.CC(=O)N[C@H]1[C@H](Oc2ccc3c(C)cc(=O)oc3c2)O[C@H](CO)[C@@H](O[C@@H]2O[C@H](C=O)[C@H](O)[C@H](O)[C@H]2O)[C@@H]1O.Cc1cc(=O)oc2cc(OCC(=O)NCCCCON)ccc12. The number of hydrogen-bond acceptors (Lipinski definition) is 37. The van der Waals surface area contributed by atoms with Crippen molar-refractivity contribution < 1.29 is 150 Å². The first kappa shape index (κ1) is 92.5. The van der Waals surface area contributed by atoms with Gasteiger partial charge < -0.3 is 152 Å². The number of amides is 4. The maximum atomic E-state index is 12.3. The number of ether oxygens (including phenoxy) is 10. The van der Waals surface area contributed by atoms with Crippen molar-refractivity contribution in [2.45, 2.75) is 190 Å². The molecule has 121 heavy (non-hydrogen) atoms. The summed E-state index contributed by atoms with van der Waals surface area (Å²) in [5.41, 5.74) is 2.17. The lowest BCUT2D eigenvalue weighted by Gasteiger charge is -2.46. The highest BCUT2D eigenvalue weighted by Gasteiger charge is 2.54. The number of hydrogen-bond donors (Lipinski definition) is 15. The van der Waals surface area contributed by atoms with Gasteiger partial charge in [0.1, 0.15) is 149 Å². The number of carbonyl (C=O) groups excluding carboxylic acids is 5. The molecule has 4 fully saturated rings. The minimum Gasteiger partial charge on any atom is -0.484 e. The molecule has 12 rings (SSSR count). The Balaban J connectivity index is 0.000000213. The van der Waals surface area contributed by atoms with Gasteiger partial charge in [-0.2, -0.15) is 0 Å². The molecule has 8 aromatic rings. The van der Waals surface area contributed by atoms with E-state index < -0.39 is 170 Å². The summed E-state index contributed by atoms with van der Waals surface area (Å²) in [6, 6.07) is 22.3. The van der Waals surface area contributed by atoms with Gasteiger partial charge in [-0.1, -0.05) is 5.16 Å². The first-order valence-electron chi connectivity index (χ1n) is 38.2. The molecule has 41 nitrogen and oxygen atoms in total. The number of fused-ring (bicyclic) bond motifs is 4. The van der Waals surface area contributed by atoms with Crippen molar-refractivity contribution >= 4 is 80.0 Å². The number of carbonyl (C=O) groups is 5. The van der Waals surface area contributed by atoms with Crippen LogP contribution in [0.3, 0.4) is 0 Å². The fourth-order valence-corrected chi connectivity index (χ4v) is 13.4. The molecule has 0 saturated carbocycles. The van der Waals surface area contributed by atoms with Crippen LogP contribution in [0.5, 0.6) is 23.0 Å². The number of aldehydes is 1. The maximum absolute atomic E-state index is 12.3. The number of nitrogens with zero attached hydrogens (tertiary/aromatic N) is 1. The van der Waals surface area contributed by atoms with Gasteiger partial charge in [0.25, 0.3) is 11.8 Å². The molecule has 16 N–H and O–H groups in total. The molecule has 0 radical (unpaired) electrons. The van der Waals surface area contributed by atoms with Crippen LogP contribution in [0.2, 0.25) is 0 Å². The number of aliphatic hydroxyl groups is 10. The van der Waals surface area contributed by atoms with Crippen molar-refractivity contribution in [1.29, 1.82) is 0 Å². The van der Waals surface area contributed by atoms with Crippen LogP contribution in [0.4, 0.5) is 0 Å². The summed E-state index contributed by atoms with van der Waals surface area (Å²) in [7, 11) is 0. The number of aliphatic hydroxyl groups excluding tert-OH is 10. The van der Waals surface area contributed by atoms with Crippen molar-refractivity contribution in [3.8, 4) is 23.0 Å². The average Bonchev–Trinajstić information content (AvgIpc) is 0.779. The Kier molecular flexibility index (Phi) is 33.0. The van der Waals surface area contributed by atoms with Crippen LogP contribution >= 0.6 is 0 Å². The zero-order chi connectivity index (χ0) is 87.5.